The Morgan fingerprint density at radius 1 is 1.00 bits per heavy atom. The Bertz CT molecular complexity index is 1120. The molecule has 2 aromatic carbocycles. The van der Waals surface area contributed by atoms with Crippen molar-refractivity contribution in [1.29, 1.82) is 0 Å². The molecule has 0 spiro atoms. The number of carbonyl (C=O) groups excluding carboxylic acids is 2. The summed E-state index contributed by atoms with van der Waals surface area (Å²) in [6.07, 6.45) is 1.94. The molecule has 2 rings (SSSR count). The van der Waals surface area contributed by atoms with Gasteiger partial charge in [-0.2, -0.15) is 0 Å². The van der Waals surface area contributed by atoms with E-state index in [1.54, 1.807) is 12.1 Å². The van der Waals surface area contributed by atoms with Crippen LogP contribution in [0, 0.1) is 0 Å². The second kappa shape index (κ2) is 13.2. The van der Waals surface area contributed by atoms with Gasteiger partial charge in [-0.25, -0.2) is 8.42 Å². The molecule has 2 aromatic rings. The van der Waals surface area contributed by atoms with E-state index in [1.807, 2.05) is 51.1 Å². The zero-order chi connectivity index (χ0) is 26.9. The summed E-state index contributed by atoms with van der Waals surface area (Å²) < 4.78 is 37.1. The van der Waals surface area contributed by atoms with Gasteiger partial charge in [-0.3, -0.25) is 13.9 Å². The molecule has 0 aliphatic carbocycles. The van der Waals surface area contributed by atoms with Gasteiger partial charge < -0.3 is 19.7 Å². The molecule has 0 bridgehead atoms. The summed E-state index contributed by atoms with van der Waals surface area (Å²) in [5, 5.41) is 2.88. The van der Waals surface area contributed by atoms with Gasteiger partial charge >= 0.3 is 0 Å². The predicted molar refractivity (Wildman–Crippen MR) is 141 cm³/mol. The summed E-state index contributed by atoms with van der Waals surface area (Å²) in [6.45, 7) is 5.33. The van der Waals surface area contributed by atoms with Gasteiger partial charge in [0.15, 0.2) is 11.5 Å². The topological polar surface area (TPSA) is 105 Å². The number of sulfonamides is 1. The smallest absolute Gasteiger partial charge is 0.244 e. The molecule has 2 amide bonds. The fourth-order valence-electron chi connectivity index (χ4n) is 3.87. The Morgan fingerprint density at radius 2 is 1.64 bits per heavy atom. The third kappa shape index (κ3) is 7.87. The second-order valence-electron chi connectivity index (χ2n) is 8.72. The van der Waals surface area contributed by atoms with Gasteiger partial charge in [-0.15, -0.1) is 0 Å². The van der Waals surface area contributed by atoms with Crippen molar-refractivity contribution in [1.82, 2.24) is 10.2 Å². The molecular weight excluding hydrogens is 482 g/mol. The predicted octanol–water partition coefficient (Wildman–Crippen LogP) is 2.84. The Labute approximate surface area is 214 Å². The highest BCUT2D eigenvalue weighted by Gasteiger charge is 2.32. The highest BCUT2D eigenvalue weighted by atomic mass is 32.2. The molecule has 0 heterocycles. The number of rotatable bonds is 13. The van der Waals surface area contributed by atoms with Crippen LogP contribution in [-0.4, -0.2) is 70.8 Å². The number of carbonyl (C=O) groups is 2. The summed E-state index contributed by atoms with van der Waals surface area (Å²) in [5.74, 6) is 0.0181. The van der Waals surface area contributed by atoms with Crippen LogP contribution in [0.1, 0.15) is 32.8 Å². The molecule has 0 saturated heterocycles. The third-order valence-corrected chi connectivity index (χ3v) is 6.78. The number of nitrogens with zero attached hydrogens (tertiary/aromatic N) is 2. The number of ether oxygens (including phenoxy) is 2. The van der Waals surface area contributed by atoms with Crippen LogP contribution >= 0.6 is 0 Å². The van der Waals surface area contributed by atoms with E-state index in [4.69, 9.17) is 9.47 Å². The van der Waals surface area contributed by atoms with Crippen molar-refractivity contribution in [2.75, 3.05) is 37.9 Å². The number of nitrogens with one attached hydrogen (secondary N) is 1. The highest BCUT2D eigenvalue weighted by Crippen LogP contribution is 2.32. The molecule has 1 N–H and O–H groups in total. The lowest BCUT2D eigenvalue weighted by Crippen LogP contribution is -2.54. The third-order valence-electron chi connectivity index (χ3n) is 5.64. The summed E-state index contributed by atoms with van der Waals surface area (Å²) in [7, 11) is -0.915. The van der Waals surface area contributed by atoms with Gasteiger partial charge in [-0.05, 0) is 44.4 Å². The zero-order valence-corrected chi connectivity index (χ0v) is 22.7. The minimum absolute atomic E-state index is 0.100. The molecule has 1 atom stereocenters. The van der Waals surface area contributed by atoms with Crippen molar-refractivity contribution in [3.63, 3.8) is 0 Å². The first-order chi connectivity index (χ1) is 17.0. The van der Waals surface area contributed by atoms with Gasteiger partial charge in [0.25, 0.3) is 0 Å². The minimum atomic E-state index is -3.84. The summed E-state index contributed by atoms with van der Waals surface area (Å²) >= 11 is 0. The molecule has 0 saturated carbocycles. The van der Waals surface area contributed by atoms with Crippen molar-refractivity contribution in [3.05, 3.63) is 54.1 Å². The molecule has 0 radical (unpaired) electrons. The molecule has 1 unspecified atom stereocenters. The lowest BCUT2D eigenvalue weighted by molar-refractivity contribution is -0.139. The Hall–Kier alpha value is -3.27. The SMILES string of the molecule is CCC(C(=O)NC(C)C)N(CCc1ccccc1)C(=O)CN(c1ccc(OC)c(OC)c1)S(C)(=O)=O. The first kappa shape index (κ1) is 29.0. The summed E-state index contributed by atoms with van der Waals surface area (Å²) in [5.41, 5.74) is 1.26. The monoisotopic (exact) mass is 519 g/mol. The van der Waals surface area contributed by atoms with Crippen LogP contribution in [0.25, 0.3) is 0 Å². The first-order valence-corrected chi connectivity index (χ1v) is 13.7. The fraction of sp³-hybridized carbons (Fsp3) is 0.462. The van der Waals surface area contributed by atoms with Crippen LogP contribution in [0.3, 0.4) is 0 Å². The molecule has 0 aromatic heterocycles. The number of hydrogen-bond acceptors (Lipinski definition) is 6. The maximum Gasteiger partial charge on any atom is 0.244 e. The van der Waals surface area contributed by atoms with E-state index in [2.05, 4.69) is 5.32 Å². The number of benzene rings is 2. The van der Waals surface area contributed by atoms with Crippen molar-refractivity contribution < 1.29 is 27.5 Å². The van der Waals surface area contributed by atoms with Crippen LogP contribution in [0.15, 0.2) is 48.5 Å². The standard InChI is InChI=1S/C26H37N3O6S/c1-7-22(26(31)27-19(2)3)28(16-15-20-11-9-8-10-12-20)25(30)18-29(36(6,32)33)21-13-14-23(34-4)24(17-21)35-5/h8-14,17,19,22H,7,15-16,18H2,1-6H3,(H,27,31). The maximum atomic E-state index is 13.6. The number of methoxy groups -OCH3 is 2. The van der Waals surface area contributed by atoms with E-state index in [0.717, 1.165) is 16.1 Å². The van der Waals surface area contributed by atoms with Gasteiger partial charge in [0.05, 0.1) is 26.2 Å². The van der Waals surface area contributed by atoms with Gasteiger partial charge in [0, 0.05) is 18.7 Å². The van der Waals surface area contributed by atoms with Gasteiger partial charge in [0.2, 0.25) is 21.8 Å². The molecule has 0 aliphatic rings. The van der Waals surface area contributed by atoms with Crippen molar-refractivity contribution in [3.8, 4) is 11.5 Å². The first-order valence-electron chi connectivity index (χ1n) is 11.8. The van der Waals surface area contributed by atoms with E-state index in [1.165, 1.54) is 25.2 Å². The Balaban J connectivity index is 2.41. The number of anilines is 1. The number of hydrogen-bond donors (Lipinski definition) is 1. The minimum Gasteiger partial charge on any atom is -0.493 e. The number of amides is 2. The maximum absolute atomic E-state index is 13.6. The molecule has 198 valence electrons. The van der Waals surface area contributed by atoms with E-state index in [0.29, 0.717) is 24.3 Å². The molecule has 36 heavy (non-hydrogen) atoms. The van der Waals surface area contributed by atoms with E-state index >= 15 is 0 Å². The van der Waals surface area contributed by atoms with Crippen molar-refractivity contribution >= 4 is 27.5 Å². The van der Waals surface area contributed by atoms with Gasteiger partial charge in [0.1, 0.15) is 12.6 Å². The average molecular weight is 520 g/mol. The quantitative estimate of drug-likeness (QED) is 0.436. The normalized spacial score (nSPS) is 12.1. The largest absolute Gasteiger partial charge is 0.493 e. The van der Waals surface area contributed by atoms with Crippen LogP contribution in [-0.2, 0) is 26.0 Å². The zero-order valence-electron chi connectivity index (χ0n) is 21.9. The lowest BCUT2D eigenvalue weighted by Gasteiger charge is -2.33. The molecule has 10 heteroatoms. The lowest BCUT2D eigenvalue weighted by atomic mass is 10.1. The highest BCUT2D eigenvalue weighted by molar-refractivity contribution is 7.92. The van der Waals surface area contributed by atoms with E-state index < -0.39 is 28.5 Å². The van der Waals surface area contributed by atoms with Crippen LogP contribution in [0.4, 0.5) is 5.69 Å². The van der Waals surface area contributed by atoms with Crippen molar-refractivity contribution in [2.24, 2.45) is 0 Å². The molecule has 0 fully saturated rings. The van der Waals surface area contributed by atoms with E-state index in [9.17, 15) is 18.0 Å². The Kier molecular flexibility index (Phi) is 10.6. The average Bonchev–Trinajstić information content (AvgIpc) is 2.83. The molecular formula is C26H37N3O6S. The second-order valence-corrected chi connectivity index (χ2v) is 10.6. The molecule has 9 nitrogen and oxygen atoms in total. The fourth-order valence-corrected chi connectivity index (χ4v) is 4.71. The van der Waals surface area contributed by atoms with Crippen molar-refractivity contribution in [2.45, 2.75) is 45.7 Å². The van der Waals surface area contributed by atoms with E-state index in [-0.39, 0.29) is 24.2 Å². The van der Waals surface area contributed by atoms with Crippen LogP contribution < -0.4 is 19.1 Å². The summed E-state index contributed by atoms with van der Waals surface area (Å²) in [4.78, 5) is 28.1. The van der Waals surface area contributed by atoms with Crippen LogP contribution in [0.5, 0.6) is 11.5 Å². The van der Waals surface area contributed by atoms with Crippen LogP contribution in [0.2, 0.25) is 0 Å². The van der Waals surface area contributed by atoms with Gasteiger partial charge in [-0.1, -0.05) is 37.3 Å². The summed E-state index contributed by atoms with van der Waals surface area (Å²) in [6, 6.07) is 13.4. The Morgan fingerprint density at radius 3 is 2.17 bits per heavy atom. The molecule has 0 aliphatic heterocycles.